The Morgan fingerprint density at radius 1 is 1.23 bits per heavy atom. The second-order valence-corrected chi connectivity index (χ2v) is 5.76. The van der Waals surface area contributed by atoms with Crippen molar-refractivity contribution in [3.05, 3.63) is 64.9 Å². The van der Waals surface area contributed by atoms with Gasteiger partial charge >= 0.3 is 0 Å². The van der Waals surface area contributed by atoms with E-state index in [1.165, 1.54) is 23.5 Å². The number of nitrogens with one attached hydrogen (secondary N) is 1. The molecule has 0 radical (unpaired) electrons. The van der Waals surface area contributed by atoms with Crippen LogP contribution in [0.2, 0.25) is 0 Å². The number of aliphatic hydroxyl groups excluding tert-OH is 1. The number of para-hydroxylation sites is 1. The number of rotatable bonds is 4. The molecule has 3 rings (SSSR count). The van der Waals surface area contributed by atoms with Gasteiger partial charge in [-0.25, -0.2) is 9.37 Å². The summed E-state index contributed by atoms with van der Waals surface area (Å²) in [7, 11) is 0. The zero-order chi connectivity index (χ0) is 15.5. The van der Waals surface area contributed by atoms with Gasteiger partial charge in [0.1, 0.15) is 5.82 Å². The second-order valence-electron chi connectivity index (χ2n) is 4.73. The third kappa shape index (κ3) is 2.98. The fourth-order valence-corrected chi connectivity index (χ4v) is 2.97. The summed E-state index contributed by atoms with van der Waals surface area (Å²) < 4.78 is 14.5. The number of hydrogen-bond donors (Lipinski definition) is 2. The topological polar surface area (TPSA) is 62.2 Å². The van der Waals surface area contributed by atoms with Crippen LogP contribution >= 0.6 is 11.3 Å². The molecule has 0 saturated heterocycles. The molecule has 0 saturated carbocycles. The molecule has 1 aromatic heterocycles. The van der Waals surface area contributed by atoms with Crippen LogP contribution in [0.25, 0.3) is 10.2 Å². The maximum atomic E-state index is 13.5. The third-order valence-corrected chi connectivity index (χ3v) is 4.24. The minimum Gasteiger partial charge on any atom is -0.386 e. The standard InChI is InChI=1S/C16H13FN2O2S/c17-11-6-2-1-5-10(11)13(20)9-18-15(21)16-19-12-7-3-4-8-14(12)22-16/h1-8,13,20H,9H2,(H,18,21). The maximum absolute atomic E-state index is 13.5. The summed E-state index contributed by atoms with van der Waals surface area (Å²) in [6, 6.07) is 13.4. The number of aromatic nitrogens is 1. The Morgan fingerprint density at radius 3 is 2.73 bits per heavy atom. The van der Waals surface area contributed by atoms with Gasteiger partial charge in [0.25, 0.3) is 5.91 Å². The van der Waals surface area contributed by atoms with Crippen molar-refractivity contribution in [2.24, 2.45) is 0 Å². The first-order valence-corrected chi connectivity index (χ1v) is 7.53. The van der Waals surface area contributed by atoms with Crippen LogP contribution in [0, 0.1) is 5.82 Å². The van der Waals surface area contributed by atoms with E-state index in [4.69, 9.17) is 0 Å². The Morgan fingerprint density at radius 2 is 1.95 bits per heavy atom. The van der Waals surface area contributed by atoms with Crippen LogP contribution in [-0.4, -0.2) is 22.5 Å². The Labute approximate surface area is 130 Å². The summed E-state index contributed by atoms with van der Waals surface area (Å²) in [6.45, 7) is -0.0737. The van der Waals surface area contributed by atoms with E-state index in [0.29, 0.717) is 5.01 Å². The highest BCUT2D eigenvalue weighted by atomic mass is 32.1. The van der Waals surface area contributed by atoms with Crippen molar-refractivity contribution in [2.45, 2.75) is 6.10 Å². The largest absolute Gasteiger partial charge is 0.386 e. The van der Waals surface area contributed by atoms with Crippen LogP contribution in [0.5, 0.6) is 0 Å². The zero-order valence-electron chi connectivity index (χ0n) is 11.5. The predicted molar refractivity (Wildman–Crippen MR) is 83.3 cm³/mol. The van der Waals surface area contributed by atoms with Gasteiger partial charge in [0.15, 0.2) is 5.01 Å². The highest BCUT2D eigenvalue weighted by Crippen LogP contribution is 2.21. The lowest BCUT2D eigenvalue weighted by atomic mass is 10.1. The molecule has 1 heterocycles. The minimum absolute atomic E-state index is 0.0737. The summed E-state index contributed by atoms with van der Waals surface area (Å²) in [5.74, 6) is -0.874. The van der Waals surface area contributed by atoms with E-state index >= 15 is 0 Å². The molecule has 0 bridgehead atoms. The first kappa shape index (κ1) is 14.6. The lowest BCUT2D eigenvalue weighted by molar-refractivity contribution is 0.0914. The molecule has 112 valence electrons. The number of fused-ring (bicyclic) bond motifs is 1. The highest BCUT2D eigenvalue weighted by Gasteiger charge is 2.16. The van der Waals surface area contributed by atoms with E-state index in [-0.39, 0.29) is 18.0 Å². The van der Waals surface area contributed by atoms with E-state index < -0.39 is 11.9 Å². The highest BCUT2D eigenvalue weighted by molar-refractivity contribution is 7.20. The number of amides is 1. The molecule has 0 aliphatic carbocycles. The maximum Gasteiger partial charge on any atom is 0.280 e. The van der Waals surface area contributed by atoms with E-state index in [1.807, 2.05) is 24.3 Å². The number of thiazole rings is 1. The Kier molecular flexibility index (Phi) is 4.13. The Hall–Kier alpha value is -2.31. The normalized spacial score (nSPS) is 12.3. The molecule has 4 nitrogen and oxygen atoms in total. The van der Waals surface area contributed by atoms with Gasteiger partial charge < -0.3 is 10.4 Å². The van der Waals surface area contributed by atoms with Crippen molar-refractivity contribution in [1.29, 1.82) is 0 Å². The van der Waals surface area contributed by atoms with Crippen molar-refractivity contribution < 1.29 is 14.3 Å². The SMILES string of the molecule is O=C(NCC(O)c1ccccc1F)c1nc2ccccc2s1. The number of benzene rings is 2. The third-order valence-electron chi connectivity index (χ3n) is 3.21. The van der Waals surface area contributed by atoms with E-state index in [0.717, 1.165) is 10.2 Å². The fraction of sp³-hybridized carbons (Fsp3) is 0.125. The van der Waals surface area contributed by atoms with Crippen molar-refractivity contribution >= 4 is 27.5 Å². The number of hydrogen-bond acceptors (Lipinski definition) is 4. The molecule has 2 N–H and O–H groups in total. The van der Waals surface area contributed by atoms with E-state index in [9.17, 15) is 14.3 Å². The summed E-state index contributed by atoms with van der Waals surface area (Å²) in [5, 5.41) is 12.9. The van der Waals surface area contributed by atoms with Crippen LogP contribution < -0.4 is 5.32 Å². The predicted octanol–water partition coefficient (Wildman–Crippen LogP) is 2.90. The van der Waals surface area contributed by atoms with Gasteiger partial charge in [-0.2, -0.15) is 0 Å². The van der Waals surface area contributed by atoms with E-state index in [2.05, 4.69) is 10.3 Å². The van der Waals surface area contributed by atoms with Gasteiger partial charge in [-0.1, -0.05) is 30.3 Å². The van der Waals surface area contributed by atoms with Gasteiger partial charge in [0.05, 0.1) is 16.3 Å². The fourth-order valence-electron chi connectivity index (χ4n) is 2.09. The molecular weight excluding hydrogens is 303 g/mol. The first-order chi connectivity index (χ1) is 10.6. The summed E-state index contributed by atoms with van der Waals surface area (Å²) >= 11 is 1.28. The van der Waals surface area contributed by atoms with Gasteiger partial charge in [-0.15, -0.1) is 11.3 Å². The number of carbonyl (C=O) groups is 1. The second kappa shape index (κ2) is 6.21. The van der Waals surface area contributed by atoms with Gasteiger partial charge in [-0.05, 0) is 18.2 Å². The average molecular weight is 316 g/mol. The van der Waals surface area contributed by atoms with Crippen molar-refractivity contribution in [1.82, 2.24) is 10.3 Å². The van der Waals surface area contributed by atoms with Gasteiger partial charge in [0, 0.05) is 12.1 Å². The van der Waals surface area contributed by atoms with Crippen molar-refractivity contribution in [3.8, 4) is 0 Å². The van der Waals surface area contributed by atoms with Crippen LogP contribution in [0.1, 0.15) is 21.5 Å². The smallest absolute Gasteiger partial charge is 0.280 e. The molecule has 22 heavy (non-hydrogen) atoms. The summed E-state index contributed by atoms with van der Waals surface area (Å²) in [5.41, 5.74) is 0.916. The molecule has 6 heteroatoms. The Bertz CT molecular complexity index is 786. The van der Waals surface area contributed by atoms with Gasteiger partial charge in [0.2, 0.25) is 0 Å². The molecule has 0 fully saturated rings. The monoisotopic (exact) mass is 316 g/mol. The van der Waals surface area contributed by atoms with Crippen molar-refractivity contribution in [3.63, 3.8) is 0 Å². The summed E-state index contributed by atoms with van der Waals surface area (Å²) in [4.78, 5) is 16.3. The molecule has 0 aliphatic rings. The first-order valence-electron chi connectivity index (χ1n) is 6.71. The molecule has 0 spiro atoms. The molecule has 1 amide bonds. The van der Waals surface area contributed by atoms with Crippen molar-refractivity contribution in [2.75, 3.05) is 6.54 Å². The number of nitrogens with zero attached hydrogens (tertiary/aromatic N) is 1. The average Bonchev–Trinajstić information content (AvgIpc) is 2.97. The minimum atomic E-state index is -1.10. The lowest BCUT2D eigenvalue weighted by Crippen LogP contribution is -2.28. The van der Waals surface area contributed by atoms with Crippen LogP contribution in [0.4, 0.5) is 4.39 Å². The molecular formula is C16H13FN2O2S. The molecule has 0 aliphatic heterocycles. The van der Waals surface area contributed by atoms with Crippen LogP contribution in [0.15, 0.2) is 48.5 Å². The summed E-state index contributed by atoms with van der Waals surface area (Å²) in [6.07, 6.45) is -1.10. The molecule has 3 aromatic rings. The van der Waals surface area contributed by atoms with Crippen LogP contribution in [0.3, 0.4) is 0 Å². The quantitative estimate of drug-likeness (QED) is 0.778. The molecule has 1 atom stereocenters. The van der Waals surface area contributed by atoms with Crippen LogP contribution in [-0.2, 0) is 0 Å². The van der Waals surface area contributed by atoms with Gasteiger partial charge in [-0.3, -0.25) is 4.79 Å². The zero-order valence-corrected chi connectivity index (χ0v) is 12.3. The number of carbonyl (C=O) groups excluding carboxylic acids is 1. The molecule has 1 unspecified atom stereocenters. The number of halogens is 1. The Balaban J connectivity index is 1.68. The molecule has 2 aromatic carbocycles. The lowest BCUT2D eigenvalue weighted by Gasteiger charge is -2.12. The van der Waals surface area contributed by atoms with E-state index in [1.54, 1.807) is 12.1 Å². The number of aliphatic hydroxyl groups is 1.